The van der Waals surface area contributed by atoms with Crippen LogP contribution in [0.25, 0.3) is 11.0 Å². The lowest BCUT2D eigenvalue weighted by atomic mass is 9.93. The molecule has 0 aliphatic heterocycles. The summed E-state index contributed by atoms with van der Waals surface area (Å²) in [6, 6.07) is 5.13. The maximum absolute atomic E-state index is 11.8. The number of H-pyrrole nitrogens is 1. The average Bonchev–Trinajstić information content (AvgIpc) is 2.67. The first kappa shape index (κ1) is 18.0. The number of rotatable bonds is 4. The SMILES string of the molecule is Cn1c(=O)cc(NC2CCC(Oc3cc(N)cc4nccnc34)CC2)[nH]c1=O. The fourth-order valence-corrected chi connectivity index (χ4v) is 3.51. The predicted molar refractivity (Wildman–Crippen MR) is 107 cm³/mol. The molecule has 4 N–H and O–H groups in total. The summed E-state index contributed by atoms with van der Waals surface area (Å²) in [5.41, 5.74) is 7.20. The molecule has 9 heteroatoms. The van der Waals surface area contributed by atoms with Gasteiger partial charge in [-0.25, -0.2) is 9.78 Å². The van der Waals surface area contributed by atoms with Crippen LogP contribution in [-0.4, -0.2) is 31.7 Å². The molecule has 1 aliphatic carbocycles. The Bertz CT molecular complexity index is 1080. The minimum Gasteiger partial charge on any atom is -0.488 e. The maximum Gasteiger partial charge on any atom is 0.329 e. The first-order valence-electron chi connectivity index (χ1n) is 9.23. The van der Waals surface area contributed by atoms with Crippen LogP contribution in [0.5, 0.6) is 5.75 Å². The Morgan fingerprint density at radius 3 is 2.64 bits per heavy atom. The standard InChI is InChI=1S/C19H22N6O3/c1-25-17(26)10-16(24-19(25)27)23-12-2-4-13(5-3-12)28-15-9-11(20)8-14-18(15)22-7-6-21-14/h6-10,12-13,23H,2-5,20H2,1H3,(H,24,27). The van der Waals surface area contributed by atoms with E-state index in [2.05, 4.69) is 20.3 Å². The zero-order valence-electron chi connectivity index (χ0n) is 15.5. The summed E-state index contributed by atoms with van der Waals surface area (Å²) in [7, 11) is 1.44. The number of benzene rings is 1. The third-order valence-electron chi connectivity index (χ3n) is 5.03. The second-order valence-corrected chi connectivity index (χ2v) is 7.06. The van der Waals surface area contributed by atoms with E-state index >= 15 is 0 Å². The van der Waals surface area contributed by atoms with Crippen LogP contribution in [-0.2, 0) is 7.05 Å². The number of hydrogen-bond acceptors (Lipinski definition) is 7. The summed E-state index contributed by atoms with van der Waals surface area (Å²) >= 11 is 0. The summed E-state index contributed by atoms with van der Waals surface area (Å²) in [4.78, 5) is 34.8. The lowest BCUT2D eigenvalue weighted by Gasteiger charge is -2.30. The molecular formula is C19H22N6O3. The number of ether oxygens (including phenoxy) is 1. The third-order valence-corrected chi connectivity index (χ3v) is 5.03. The van der Waals surface area contributed by atoms with E-state index < -0.39 is 5.69 Å². The van der Waals surface area contributed by atoms with E-state index in [0.717, 1.165) is 30.3 Å². The number of aromatic nitrogens is 4. The van der Waals surface area contributed by atoms with Crippen molar-refractivity contribution in [1.29, 1.82) is 0 Å². The summed E-state index contributed by atoms with van der Waals surface area (Å²) in [6.45, 7) is 0. The molecule has 1 aliphatic rings. The summed E-state index contributed by atoms with van der Waals surface area (Å²) in [6.07, 6.45) is 6.70. The third kappa shape index (κ3) is 3.68. The molecule has 3 aromatic rings. The summed E-state index contributed by atoms with van der Waals surface area (Å²) < 4.78 is 7.22. The largest absolute Gasteiger partial charge is 0.488 e. The predicted octanol–water partition coefficient (Wildman–Crippen LogP) is 1.40. The molecule has 0 spiro atoms. The first-order valence-corrected chi connectivity index (χ1v) is 9.23. The number of nitrogen functional groups attached to an aromatic ring is 1. The van der Waals surface area contributed by atoms with Crippen molar-refractivity contribution in [3.8, 4) is 5.75 Å². The molecule has 0 bridgehead atoms. The smallest absolute Gasteiger partial charge is 0.329 e. The van der Waals surface area contributed by atoms with Crippen LogP contribution in [0.15, 0.2) is 40.2 Å². The van der Waals surface area contributed by atoms with Crippen molar-refractivity contribution in [2.45, 2.75) is 37.8 Å². The van der Waals surface area contributed by atoms with Crippen molar-refractivity contribution in [3.05, 3.63) is 51.4 Å². The molecule has 9 nitrogen and oxygen atoms in total. The number of nitrogens with two attached hydrogens (primary N) is 1. The highest BCUT2D eigenvalue weighted by Crippen LogP contribution is 2.30. The molecule has 0 saturated heterocycles. The zero-order chi connectivity index (χ0) is 19.7. The topological polar surface area (TPSA) is 128 Å². The Balaban J connectivity index is 1.41. The molecule has 0 unspecified atom stereocenters. The van der Waals surface area contributed by atoms with Gasteiger partial charge in [-0.1, -0.05) is 0 Å². The van der Waals surface area contributed by atoms with Crippen LogP contribution < -0.4 is 27.0 Å². The molecular weight excluding hydrogens is 360 g/mol. The maximum atomic E-state index is 11.8. The van der Waals surface area contributed by atoms with Crippen molar-refractivity contribution in [2.24, 2.45) is 7.05 Å². The van der Waals surface area contributed by atoms with Crippen LogP contribution in [0, 0.1) is 0 Å². The van der Waals surface area contributed by atoms with Gasteiger partial charge >= 0.3 is 5.69 Å². The second kappa shape index (κ2) is 7.34. The molecule has 1 fully saturated rings. The van der Waals surface area contributed by atoms with Gasteiger partial charge < -0.3 is 15.8 Å². The van der Waals surface area contributed by atoms with Crippen LogP contribution in [0.3, 0.4) is 0 Å². The monoisotopic (exact) mass is 382 g/mol. The number of hydrogen-bond donors (Lipinski definition) is 3. The molecule has 0 amide bonds. The molecule has 0 radical (unpaired) electrons. The average molecular weight is 382 g/mol. The van der Waals surface area contributed by atoms with Gasteiger partial charge in [0.05, 0.1) is 11.6 Å². The fraction of sp³-hybridized carbons (Fsp3) is 0.368. The van der Waals surface area contributed by atoms with Crippen LogP contribution in [0.1, 0.15) is 25.7 Å². The number of fused-ring (bicyclic) bond motifs is 1. The molecule has 2 heterocycles. The second-order valence-electron chi connectivity index (χ2n) is 7.06. The molecule has 0 atom stereocenters. The van der Waals surface area contributed by atoms with Gasteiger partial charge in [-0.2, -0.15) is 0 Å². The van der Waals surface area contributed by atoms with Gasteiger partial charge in [-0.3, -0.25) is 19.3 Å². The Hall–Kier alpha value is -3.36. The van der Waals surface area contributed by atoms with Gasteiger partial charge in [0.2, 0.25) is 0 Å². The van der Waals surface area contributed by atoms with Crippen molar-refractivity contribution in [2.75, 3.05) is 11.1 Å². The highest BCUT2D eigenvalue weighted by molar-refractivity contribution is 5.84. The molecule has 1 saturated carbocycles. The van der Waals surface area contributed by atoms with Crippen LogP contribution >= 0.6 is 0 Å². The van der Waals surface area contributed by atoms with Gasteiger partial charge in [0.15, 0.2) is 0 Å². The zero-order valence-corrected chi connectivity index (χ0v) is 15.5. The molecule has 146 valence electrons. The Kier molecular flexibility index (Phi) is 4.72. The number of aromatic amines is 1. The number of anilines is 2. The quantitative estimate of drug-likeness (QED) is 0.582. The van der Waals surface area contributed by atoms with Crippen molar-refractivity contribution >= 4 is 22.5 Å². The minimum absolute atomic E-state index is 0.0488. The lowest BCUT2D eigenvalue weighted by molar-refractivity contribution is 0.152. The Labute approximate surface area is 160 Å². The molecule has 2 aromatic heterocycles. The van der Waals surface area contributed by atoms with E-state index in [0.29, 0.717) is 28.3 Å². The van der Waals surface area contributed by atoms with E-state index in [-0.39, 0.29) is 17.7 Å². The van der Waals surface area contributed by atoms with Gasteiger partial charge in [-0.15, -0.1) is 0 Å². The highest BCUT2D eigenvalue weighted by Gasteiger charge is 2.23. The molecule has 28 heavy (non-hydrogen) atoms. The van der Waals surface area contributed by atoms with Crippen molar-refractivity contribution < 1.29 is 4.74 Å². The van der Waals surface area contributed by atoms with Crippen LogP contribution in [0.2, 0.25) is 0 Å². The molecule has 1 aromatic carbocycles. The minimum atomic E-state index is -0.429. The van der Waals surface area contributed by atoms with Crippen molar-refractivity contribution in [3.63, 3.8) is 0 Å². The van der Waals surface area contributed by atoms with Crippen LogP contribution in [0.4, 0.5) is 11.5 Å². The van der Waals surface area contributed by atoms with E-state index in [1.807, 2.05) is 0 Å². The van der Waals surface area contributed by atoms with Crippen molar-refractivity contribution in [1.82, 2.24) is 19.5 Å². The summed E-state index contributed by atoms with van der Waals surface area (Å²) in [5.74, 6) is 1.10. The van der Waals surface area contributed by atoms with Gasteiger partial charge in [-0.05, 0) is 31.7 Å². The van der Waals surface area contributed by atoms with Gasteiger partial charge in [0, 0.05) is 43.3 Å². The van der Waals surface area contributed by atoms with Gasteiger partial charge in [0.1, 0.15) is 17.1 Å². The Morgan fingerprint density at radius 2 is 1.89 bits per heavy atom. The number of nitrogens with zero attached hydrogens (tertiary/aromatic N) is 3. The summed E-state index contributed by atoms with van der Waals surface area (Å²) in [5, 5.41) is 3.25. The molecule has 4 rings (SSSR count). The lowest BCUT2D eigenvalue weighted by Crippen LogP contribution is -2.35. The number of nitrogens with one attached hydrogen (secondary N) is 2. The van der Waals surface area contributed by atoms with E-state index in [1.165, 1.54) is 13.1 Å². The van der Waals surface area contributed by atoms with E-state index in [1.54, 1.807) is 24.5 Å². The highest BCUT2D eigenvalue weighted by atomic mass is 16.5. The normalized spacial score (nSPS) is 19.5. The Morgan fingerprint density at radius 1 is 1.14 bits per heavy atom. The fourth-order valence-electron chi connectivity index (χ4n) is 3.51. The van der Waals surface area contributed by atoms with E-state index in [9.17, 15) is 9.59 Å². The van der Waals surface area contributed by atoms with Gasteiger partial charge in [0.25, 0.3) is 5.56 Å². The first-order chi connectivity index (χ1) is 13.5. The van der Waals surface area contributed by atoms with E-state index in [4.69, 9.17) is 10.5 Å².